The van der Waals surface area contributed by atoms with Crippen LogP contribution < -0.4 is 20.4 Å². The molecule has 7 nitrogen and oxygen atoms in total. The van der Waals surface area contributed by atoms with Crippen LogP contribution in [0.15, 0.2) is 48.5 Å². The number of piperazine rings is 1. The molecule has 28 heavy (non-hydrogen) atoms. The number of amides is 3. The number of likely N-dealkylation sites (N-methyl/N-ethyl adjacent to an activating group) is 1. The lowest BCUT2D eigenvalue weighted by atomic mass is 10.1. The molecule has 0 unspecified atom stereocenters. The van der Waals surface area contributed by atoms with E-state index in [0.717, 1.165) is 37.6 Å². The Labute approximate surface area is 164 Å². The van der Waals surface area contributed by atoms with Gasteiger partial charge in [0, 0.05) is 61.9 Å². The maximum absolute atomic E-state index is 12.5. The first kappa shape index (κ1) is 18.3. The summed E-state index contributed by atoms with van der Waals surface area (Å²) in [5, 5.41) is 5.70. The lowest BCUT2D eigenvalue weighted by Crippen LogP contribution is -2.44. The number of benzene rings is 2. The molecule has 2 heterocycles. The smallest absolute Gasteiger partial charge is 0.321 e. The molecule has 0 spiro atoms. The van der Waals surface area contributed by atoms with Crippen molar-refractivity contribution in [2.24, 2.45) is 0 Å². The zero-order valence-corrected chi connectivity index (χ0v) is 16.0. The van der Waals surface area contributed by atoms with Gasteiger partial charge in [0.2, 0.25) is 0 Å². The van der Waals surface area contributed by atoms with Gasteiger partial charge in [-0.1, -0.05) is 0 Å². The summed E-state index contributed by atoms with van der Waals surface area (Å²) in [7, 11) is 2.14. The molecule has 0 saturated carbocycles. The summed E-state index contributed by atoms with van der Waals surface area (Å²) in [4.78, 5) is 30.6. The molecular weight excluding hydrogens is 354 g/mol. The largest absolute Gasteiger partial charge is 0.369 e. The van der Waals surface area contributed by atoms with Crippen LogP contribution in [-0.4, -0.2) is 63.2 Å². The summed E-state index contributed by atoms with van der Waals surface area (Å²) in [6.07, 6.45) is 0. The van der Waals surface area contributed by atoms with Crippen molar-refractivity contribution >= 4 is 29.0 Å². The SMILES string of the molecule is CN1CCN(c2ccc(NC(=O)c3ccc(N4CCNC4=O)cc3)cc2)CC1. The lowest BCUT2D eigenvalue weighted by molar-refractivity contribution is 0.102. The van der Waals surface area contributed by atoms with Crippen LogP contribution >= 0.6 is 0 Å². The Kier molecular flexibility index (Phi) is 5.16. The van der Waals surface area contributed by atoms with Gasteiger partial charge in [-0.2, -0.15) is 0 Å². The Hall–Kier alpha value is -3.06. The molecule has 2 saturated heterocycles. The second-order valence-electron chi connectivity index (χ2n) is 7.22. The number of carbonyl (C=O) groups excluding carboxylic acids is 2. The van der Waals surface area contributed by atoms with Crippen LogP contribution in [0.3, 0.4) is 0 Å². The highest BCUT2D eigenvalue weighted by Crippen LogP contribution is 2.21. The van der Waals surface area contributed by atoms with Crippen LogP contribution in [0.1, 0.15) is 10.4 Å². The maximum Gasteiger partial charge on any atom is 0.321 e. The van der Waals surface area contributed by atoms with Crippen molar-refractivity contribution in [3.8, 4) is 0 Å². The molecule has 4 rings (SSSR count). The van der Waals surface area contributed by atoms with E-state index in [1.54, 1.807) is 29.2 Å². The van der Waals surface area contributed by atoms with E-state index < -0.39 is 0 Å². The van der Waals surface area contributed by atoms with Crippen molar-refractivity contribution in [1.82, 2.24) is 10.2 Å². The number of nitrogens with one attached hydrogen (secondary N) is 2. The third-order valence-electron chi connectivity index (χ3n) is 5.29. The molecule has 2 aromatic rings. The van der Waals surface area contributed by atoms with Crippen LogP contribution in [0, 0.1) is 0 Å². The summed E-state index contributed by atoms with van der Waals surface area (Å²) in [6.45, 7) is 5.45. The quantitative estimate of drug-likeness (QED) is 0.855. The summed E-state index contributed by atoms with van der Waals surface area (Å²) < 4.78 is 0. The van der Waals surface area contributed by atoms with E-state index in [1.807, 2.05) is 12.1 Å². The van der Waals surface area contributed by atoms with Gasteiger partial charge in [-0.05, 0) is 55.6 Å². The van der Waals surface area contributed by atoms with Crippen LogP contribution in [0.5, 0.6) is 0 Å². The van der Waals surface area contributed by atoms with Crippen LogP contribution in [0.25, 0.3) is 0 Å². The standard InChI is InChI=1S/C21H25N5O2/c1-24-12-14-25(15-13-24)18-8-4-17(5-9-18)23-20(27)16-2-6-19(7-3-16)26-11-10-22-21(26)28/h2-9H,10-15H2,1H3,(H,22,28)(H,23,27). The average molecular weight is 379 g/mol. The molecule has 2 aliphatic heterocycles. The highest BCUT2D eigenvalue weighted by molar-refractivity contribution is 6.04. The molecule has 146 valence electrons. The fourth-order valence-electron chi connectivity index (χ4n) is 3.53. The minimum Gasteiger partial charge on any atom is -0.369 e. The van der Waals surface area contributed by atoms with E-state index in [1.165, 1.54) is 5.69 Å². The van der Waals surface area contributed by atoms with E-state index in [9.17, 15) is 9.59 Å². The topological polar surface area (TPSA) is 67.9 Å². The number of urea groups is 1. The average Bonchev–Trinajstić information content (AvgIpc) is 3.15. The third-order valence-corrected chi connectivity index (χ3v) is 5.29. The number of hydrogen-bond acceptors (Lipinski definition) is 4. The van der Waals surface area contributed by atoms with Crippen molar-refractivity contribution in [1.29, 1.82) is 0 Å². The highest BCUT2D eigenvalue weighted by Gasteiger charge is 2.21. The molecule has 0 atom stereocenters. The normalized spacial score (nSPS) is 17.5. The number of rotatable bonds is 4. The highest BCUT2D eigenvalue weighted by atomic mass is 16.2. The van der Waals surface area contributed by atoms with Crippen LogP contribution in [-0.2, 0) is 0 Å². The van der Waals surface area contributed by atoms with Gasteiger partial charge in [-0.15, -0.1) is 0 Å². The molecule has 2 N–H and O–H groups in total. The number of hydrogen-bond donors (Lipinski definition) is 2. The Balaban J connectivity index is 1.37. The number of nitrogens with zero attached hydrogens (tertiary/aromatic N) is 3. The Morgan fingerprint density at radius 1 is 0.893 bits per heavy atom. The Morgan fingerprint density at radius 2 is 1.54 bits per heavy atom. The first-order valence-electron chi connectivity index (χ1n) is 9.60. The summed E-state index contributed by atoms with van der Waals surface area (Å²) >= 11 is 0. The zero-order chi connectivity index (χ0) is 19.5. The molecule has 0 bridgehead atoms. The number of anilines is 3. The summed E-state index contributed by atoms with van der Waals surface area (Å²) in [5.41, 5.74) is 3.31. The molecule has 0 radical (unpaired) electrons. The van der Waals surface area contributed by atoms with Crippen molar-refractivity contribution in [3.63, 3.8) is 0 Å². The fraction of sp³-hybridized carbons (Fsp3) is 0.333. The minimum absolute atomic E-state index is 0.0994. The molecule has 7 heteroatoms. The van der Waals surface area contributed by atoms with E-state index in [4.69, 9.17) is 0 Å². The minimum atomic E-state index is -0.162. The molecule has 2 aromatic carbocycles. The Bertz CT molecular complexity index is 842. The molecule has 3 amide bonds. The molecule has 0 aromatic heterocycles. The summed E-state index contributed by atoms with van der Waals surface area (Å²) in [5.74, 6) is -0.162. The zero-order valence-electron chi connectivity index (χ0n) is 16.0. The van der Waals surface area contributed by atoms with Gasteiger partial charge in [0.05, 0.1) is 0 Å². The van der Waals surface area contributed by atoms with E-state index >= 15 is 0 Å². The molecular formula is C21H25N5O2. The molecule has 0 aliphatic carbocycles. The first-order chi connectivity index (χ1) is 13.6. The second-order valence-corrected chi connectivity index (χ2v) is 7.22. The predicted molar refractivity (Wildman–Crippen MR) is 111 cm³/mol. The monoisotopic (exact) mass is 379 g/mol. The van der Waals surface area contributed by atoms with Crippen LogP contribution in [0.4, 0.5) is 21.9 Å². The van der Waals surface area contributed by atoms with Gasteiger partial charge >= 0.3 is 6.03 Å². The van der Waals surface area contributed by atoms with Gasteiger partial charge in [-0.25, -0.2) is 4.79 Å². The van der Waals surface area contributed by atoms with Gasteiger partial charge in [0.25, 0.3) is 5.91 Å². The van der Waals surface area contributed by atoms with Gasteiger partial charge in [-0.3, -0.25) is 9.69 Å². The third kappa shape index (κ3) is 3.94. The lowest BCUT2D eigenvalue weighted by Gasteiger charge is -2.34. The van der Waals surface area contributed by atoms with E-state index in [-0.39, 0.29) is 11.9 Å². The molecule has 2 aliphatic rings. The van der Waals surface area contributed by atoms with Crippen molar-refractivity contribution in [2.75, 3.05) is 61.4 Å². The van der Waals surface area contributed by atoms with Gasteiger partial charge < -0.3 is 20.4 Å². The second kappa shape index (κ2) is 7.90. The van der Waals surface area contributed by atoms with Crippen molar-refractivity contribution in [2.45, 2.75) is 0 Å². The first-order valence-corrected chi connectivity index (χ1v) is 9.60. The number of carbonyl (C=O) groups is 2. The van der Waals surface area contributed by atoms with Crippen molar-refractivity contribution in [3.05, 3.63) is 54.1 Å². The van der Waals surface area contributed by atoms with E-state index in [0.29, 0.717) is 18.7 Å². The Morgan fingerprint density at radius 3 is 2.14 bits per heavy atom. The fourth-order valence-corrected chi connectivity index (χ4v) is 3.53. The van der Waals surface area contributed by atoms with Crippen molar-refractivity contribution < 1.29 is 9.59 Å². The van der Waals surface area contributed by atoms with E-state index in [2.05, 4.69) is 39.6 Å². The van der Waals surface area contributed by atoms with Gasteiger partial charge in [0.15, 0.2) is 0 Å². The molecule has 2 fully saturated rings. The van der Waals surface area contributed by atoms with Crippen LogP contribution in [0.2, 0.25) is 0 Å². The maximum atomic E-state index is 12.5. The predicted octanol–water partition coefficient (Wildman–Crippen LogP) is 2.22. The summed E-state index contributed by atoms with van der Waals surface area (Å²) in [6, 6.07) is 15.0. The van der Waals surface area contributed by atoms with Gasteiger partial charge in [0.1, 0.15) is 0 Å².